The Hall–Kier alpha value is -2.70. The zero-order valence-electron chi connectivity index (χ0n) is 14.0. The lowest BCUT2D eigenvalue weighted by Gasteiger charge is -2.21. The normalized spacial score (nSPS) is 19.5. The van der Waals surface area contributed by atoms with E-state index in [4.69, 9.17) is 0 Å². The third-order valence-electron chi connectivity index (χ3n) is 4.75. The SMILES string of the molecule is CCCCN1C(=O)c2ccc(C(=O)N3CCC[C@@H]3C(=O)O)cc2C1=O. The summed E-state index contributed by atoms with van der Waals surface area (Å²) in [6, 6.07) is 3.56. The van der Waals surface area contributed by atoms with Crippen LogP contribution < -0.4 is 0 Å². The molecule has 0 saturated carbocycles. The second-order valence-electron chi connectivity index (χ2n) is 6.37. The van der Waals surface area contributed by atoms with Gasteiger partial charge in [0.1, 0.15) is 6.04 Å². The van der Waals surface area contributed by atoms with Gasteiger partial charge in [-0.1, -0.05) is 13.3 Å². The molecular formula is C18H20N2O5. The molecule has 132 valence electrons. The number of unbranched alkanes of at least 4 members (excludes halogenated alkanes) is 1. The van der Waals surface area contributed by atoms with E-state index in [0.29, 0.717) is 31.5 Å². The molecule has 1 aromatic rings. The summed E-state index contributed by atoms with van der Waals surface area (Å²) in [7, 11) is 0. The predicted molar refractivity (Wildman–Crippen MR) is 88.4 cm³/mol. The predicted octanol–water partition coefficient (Wildman–Crippen LogP) is 1.77. The Kier molecular flexibility index (Phi) is 4.57. The van der Waals surface area contributed by atoms with Gasteiger partial charge in [-0.05, 0) is 37.5 Å². The molecule has 1 N–H and O–H groups in total. The minimum Gasteiger partial charge on any atom is -0.480 e. The highest BCUT2D eigenvalue weighted by Gasteiger charge is 2.38. The van der Waals surface area contributed by atoms with E-state index < -0.39 is 17.9 Å². The van der Waals surface area contributed by atoms with E-state index in [1.54, 1.807) is 0 Å². The van der Waals surface area contributed by atoms with Crippen molar-refractivity contribution < 1.29 is 24.3 Å². The van der Waals surface area contributed by atoms with Gasteiger partial charge in [-0.15, -0.1) is 0 Å². The first kappa shape index (κ1) is 17.1. The number of fused-ring (bicyclic) bond motifs is 1. The molecule has 7 heteroatoms. The van der Waals surface area contributed by atoms with Crippen LogP contribution in [0.1, 0.15) is 63.7 Å². The fourth-order valence-electron chi connectivity index (χ4n) is 3.38. The molecule has 0 aromatic heterocycles. The maximum atomic E-state index is 12.7. The van der Waals surface area contributed by atoms with Crippen LogP contribution in [0.4, 0.5) is 0 Å². The second-order valence-corrected chi connectivity index (χ2v) is 6.37. The highest BCUT2D eigenvalue weighted by Crippen LogP contribution is 2.26. The summed E-state index contributed by atoms with van der Waals surface area (Å²) in [6.45, 7) is 2.71. The van der Waals surface area contributed by atoms with Gasteiger partial charge in [0.15, 0.2) is 0 Å². The molecule has 1 saturated heterocycles. The summed E-state index contributed by atoms with van der Waals surface area (Å²) < 4.78 is 0. The number of likely N-dealkylation sites (tertiary alicyclic amines) is 1. The molecule has 2 heterocycles. The molecule has 2 aliphatic rings. The van der Waals surface area contributed by atoms with Crippen LogP contribution in [0, 0.1) is 0 Å². The van der Waals surface area contributed by atoms with Crippen LogP contribution in [-0.2, 0) is 4.79 Å². The second kappa shape index (κ2) is 6.66. The van der Waals surface area contributed by atoms with E-state index in [1.807, 2.05) is 6.92 Å². The van der Waals surface area contributed by atoms with E-state index in [2.05, 4.69) is 0 Å². The minimum atomic E-state index is -1.02. The number of nitrogens with zero attached hydrogens (tertiary/aromatic N) is 2. The molecule has 3 rings (SSSR count). The van der Waals surface area contributed by atoms with Gasteiger partial charge in [-0.2, -0.15) is 0 Å². The van der Waals surface area contributed by atoms with E-state index in [1.165, 1.54) is 28.0 Å². The fraction of sp³-hybridized carbons (Fsp3) is 0.444. The lowest BCUT2D eigenvalue weighted by molar-refractivity contribution is -0.141. The number of imide groups is 1. The molecular weight excluding hydrogens is 324 g/mol. The van der Waals surface area contributed by atoms with Gasteiger partial charge in [0, 0.05) is 18.7 Å². The standard InChI is InChI=1S/C18H20N2O5/c1-2-3-8-20-16(22)12-7-6-11(10-13(12)17(20)23)15(21)19-9-4-5-14(19)18(24)25/h6-7,10,14H,2-5,8-9H2,1H3,(H,24,25)/t14-/m1/s1. The Balaban J connectivity index is 1.87. The number of hydrogen-bond donors (Lipinski definition) is 1. The van der Waals surface area contributed by atoms with Crippen molar-refractivity contribution in [3.63, 3.8) is 0 Å². The summed E-state index contributed by atoms with van der Waals surface area (Å²) in [5, 5.41) is 9.23. The van der Waals surface area contributed by atoms with Gasteiger partial charge in [0.25, 0.3) is 17.7 Å². The molecule has 1 atom stereocenters. The molecule has 0 radical (unpaired) electrons. The first-order valence-electron chi connectivity index (χ1n) is 8.49. The largest absolute Gasteiger partial charge is 0.480 e. The van der Waals surface area contributed by atoms with E-state index in [9.17, 15) is 24.3 Å². The van der Waals surface area contributed by atoms with E-state index >= 15 is 0 Å². The van der Waals surface area contributed by atoms with E-state index in [-0.39, 0.29) is 22.9 Å². The zero-order chi connectivity index (χ0) is 18.1. The molecule has 7 nitrogen and oxygen atoms in total. The first-order chi connectivity index (χ1) is 12.0. The van der Waals surface area contributed by atoms with Gasteiger partial charge in [0.05, 0.1) is 11.1 Å². The van der Waals surface area contributed by atoms with Gasteiger partial charge in [-0.3, -0.25) is 19.3 Å². The Morgan fingerprint density at radius 1 is 1.20 bits per heavy atom. The monoisotopic (exact) mass is 344 g/mol. The average Bonchev–Trinajstić information content (AvgIpc) is 3.18. The molecule has 0 unspecified atom stereocenters. The van der Waals surface area contributed by atoms with Crippen molar-refractivity contribution >= 4 is 23.7 Å². The molecule has 1 fully saturated rings. The zero-order valence-corrected chi connectivity index (χ0v) is 14.0. The number of aliphatic carboxylic acids is 1. The smallest absolute Gasteiger partial charge is 0.326 e. The summed E-state index contributed by atoms with van der Waals surface area (Å²) >= 11 is 0. The van der Waals surface area contributed by atoms with Gasteiger partial charge < -0.3 is 10.0 Å². The summed E-state index contributed by atoms with van der Waals surface area (Å²) in [5.41, 5.74) is 0.761. The average molecular weight is 344 g/mol. The van der Waals surface area contributed by atoms with Gasteiger partial charge in [-0.25, -0.2) is 4.79 Å². The number of carbonyl (C=O) groups excluding carboxylic acids is 3. The van der Waals surface area contributed by atoms with Crippen LogP contribution in [-0.4, -0.2) is 57.7 Å². The molecule has 25 heavy (non-hydrogen) atoms. The molecule has 2 aliphatic heterocycles. The number of hydrogen-bond acceptors (Lipinski definition) is 4. The Bertz CT molecular complexity index is 758. The van der Waals surface area contributed by atoms with Crippen LogP contribution in [0.5, 0.6) is 0 Å². The van der Waals surface area contributed by atoms with Crippen LogP contribution in [0.3, 0.4) is 0 Å². The van der Waals surface area contributed by atoms with Crippen molar-refractivity contribution in [2.45, 2.75) is 38.6 Å². The van der Waals surface area contributed by atoms with Crippen molar-refractivity contribution in [3.05, 3.63) is 34.9 Å². The highest BCUT2D eigenvalue weighted by molar-refractivity contribution is 6.22. The first-order valence-corrected chi connectivity index (χ1v) is 8.49. The lowest BCUT2D eigenvalue weighted by atomic mass is 10.0. The Morgan fingerprint density at radius 2 is 1.92 bits per heavy atom. The lowest BCUT2D eigenvalue weighted by Crippen LogP contribution is -2.40. The van der Waals surface area contributed by atoms with Gasteiger partial charge in [0.2, 0.25) is 0 Å². The van der Waals surface area contributed by atoms with Crippen molar-refractivity contribution in [3.8, 4) is 0 Å². The number of rotatable bonds is 5. The number of amides is 3. The van der Waals surface area contributed by atoms with Crippen LogP contribution in [0.15, 0.2) is 18.2 Å². The number of carboxylic acids is 1. The van der Waals surface area contributed by atoms with Crippen molar-refractivity contribution in [1.29, 1.82) is 0 Å². The maximum Gasteiger partial charge on any atom is 0.326 e. The topological polar surface area (TPSA) is 95.0 Å². The minimum absolute atomic E-state index is 0.220. The summed E-state index contributed by atoms with van der Waals surface area (Å²) in [4.78, 5) is 51.2. The summed E-state index contributed by atoms with van der Waals surface area (Å²) in [6.07, 6.45) is 2.65. The third kappa shape index (κ3) is 2.90. The molecule has 0 aliphatic carbocycles. The molecule has 3 amide bonds. The number of carbonyl (C=O) groups is 4. The quantitative estimate of drug-likeness (QED) is 0.822. The maximum absolute atomic E-state index is 12.7. The highest BCUT2D eigenvalue weighted by atomic mass is 16.4. The Morgan fingerprint density at radius 3 is 2.60 bits per heavy atom. The van der Waals surface area contributed by atoms with Crippen molar-refractivity contribution in [1.82, 2.24) is 9.80 Å². The van der Waals surface area contributed by atoms with Gasteiger partial charge >= 0.3 is 5.97 Å². The summed E-state index contributed by atoms with van der Waals surface area (Å²) in [5.74, 6) is -2.17. The van der Waals surface area contributed by atoms with Crippen LogP contribution in [0.2, 0.25) is 0 Å². The number of benzene rings is 1. The van der Waals surface area contributed by atoms with Crippen molar-refractivity contribution in [2.24, 2.45) is 0 Å². The third-order valence-corrected chi connectivity index (χ3v) is 4.75. The van der Waals surface area contributed by atoms with Crippen LogP contribution >= 0.6 is 0 Å². The molecule has 1 aromatic carbocycles. The Labute approximate surface area is 145 Å². The number of carboxylic acid groups (broad SMARTS) is 1. The van der Waals surface area contributed by atoms with E-state index in [0.717, 1.165) is 12.8 Å². The van der Waals surface area contributed by atoms with Crippen molar-refractivity contribution in [2.75, 3.05) is 13.1 Å². The molecule has 0 bridgehead atoms. The van der Waals surface area contributed by atoms with Crippen LogP contribution in [0.25, 0.3) is 0 Å². The fourth-order valence-corrected chi connectivity index (χ4v) is 3.38. The molecule has 0 spiro atoms.